The van der Waals surface area contributed by atoms with E-state index in [2.05, 4.69) is 24.0 Å². The lowest BCUT2D eigenvalue weighted by Gasteiger charge is -2.36. The van der Waals surface area contributed by atoms with Gasteiger partial charge in [-0.1, -0.05) is 18.2 Å². The summed E-state index contributed by atoms with van der Waals surface area (Å²) in [6, 6.07) is 10.5. The van der Waals surface area contributed by atoms with Crippen LogP contribution in [0.2, 0.25) is 0 Å². The van der Waals surface area contributed by atoms with E-state index in [1.165, 1.54) is 0 Å². The van der Waals surface area contributed by atoms with Gasteiger partial charge in [-0.15, -0.1) is 0 Å². The number of morpholine rings is 1. The van der Waals surface area contributed by atoms with Crippen molar-refractivity contribution < 1.29 is 14.3 Å². The van der Waals surface area contributed by atoms with Gasteiger partial charge < -0.3 is 14.3 Å². The van der Waals surface area contributed by atoms with Crippen LogP contribution in [-0.4, -0.2) is 41.9 Å². The minimum absolute atomic E-state index is 0.0728. The van der Waals surface area contributed by atoms with E-state index in [4.69, 9.17) is 9.15 Å². The van der Waals surface area contributed by atoms with Crippen molar-refractivity contribution in [1.29, 1.82) is 0 Å². The van der Waals surface area contributed by atoms with Crippen molar-refractivity contribution in [3.05, 3.63) is 36.1 Å². The van der Waals surface area contributed by atoms with Crippen molar-refractivity contribution >= 4 is 11.0 Å². The molecule has 102 valence electrons. The van der Waals surface area contributed by atoms with Crippen molar-refractivity contribution in [3.8, 4) is 0 Å². The second-order valence-corrected chi connectivity index (χ2v) is 5.17. The van der Waals surface area contributed by atoms with E-state index in [1.54, 1.807) is 0 Å². The minimum Gasteiger partial charge on any atom is -0.460 e. The summed E-state index contributed by atoms with van der Waals surface area (Å²) in [5, 5.41) is 10.3. The van der Waals surface area contributed by atoms with E-state index in [1.807, 2.05) is 18.2 Å². The zero-order valence-corrected chi connectivity index (χ0v) is 11.1. The smallest absolute Gasteiger partial charge is 0.134 e. The highest BCUT2D eigenvalue weighted by Gasteiger charge is 2.26. The molecule has 1 aromatic heterocycles. The van der Waals surface area contributed by atoms with E-state index in [-0.39, 0.29) is 12.7 Å². The fourth-order valence-electron chi connectivity index (χ4n) is 2.52. The molecule has 0 amide bonds. The number of hydrogen-bond donors (Lipinski definition) is 1. The Bertz CT molecular complexity index is 518. The van der Waals surface area contributed by atoms with Gasteiger partial charge in [0.2, 0.25) is 0 Å². The maximum Gasteiger partial charge on any atom is 0.134 e. The molecule has 2 aromatic rings. The zero-order chi connectivity index (χ0) is 13.2. The van der Waals surface area contributed by atoms with Gasteiger partial charge in [-0.05, 0) is 19.1 Å². The summed E-state index contributed by atoms with van der Waals surface area (Å²) >= 11 is 0. The second-order valence-electron chi connectivity index (χ2n) is 5.17. The fraction of sp³-hybridized carbons (Fsp3) is 0.467. The molecule has 1 N–H and O–H groups in total. The van der Waals surface area contributed by atoms with Crippen molar-refractivity contribution in [2.45, 2.75) is 25.6 Å². The summed E-state index contributed by atoms with van der Waals surface area (Å²) in [6.45, 7) is 4.37. The summed E-state index contributed by atoms with van der Waals surface area (Å²) < 4.78 is 11.4. The minimum atomic E-state index is -0.0828. The molecule has 19 heavy (non-hydrogen) atoms. The maximum absolute atomic E-state index is 9.20. The predicted molar refractivity (Wildman–Crippen MR) is 72.9 cm³/mol. The van der Waals surface area contributed by atoms with Crippen LogP contribution in [0.5, 0.6) is 0 Å². The van der Waals surface area contributed by atoms with E-state index in [9.17, 15) is 5.11 Å². The largest absolute Gasteiger partial charge is 0.460 e. The first-order valence-electron chi connectivity index (χ1n) is 6.70. The van der Waals surface area contributed by atoms with Gasteiger partial charge in [0.1, 0.15) is 11.3 Å². The van der Waals surface area contributed by atoms with Crippen molar-refractivity contribution in [3.63, 3.8) is 0 Å². The predicted octanol–water partition coefficient (Wildman–Crippen LogP) is 2.01. The Balaban J connectivity index is 1.75. The monoisotopic (exact) mass is 261 g/mol. The summed E-state index contributed by atoms with van der Waals surface area (Å²) in [4.78, 5) is 2.29. The number of benzene rings is 1. The number of ether oxygens (including phenoxy) is 1. The second kappa shape index (κ2) is 5.33. The molecule has 1 aliphatic heterocycles. The Morgan fingerprint density at radius 2 is 2.21 bits per heavy atom. The molecule has 1 aromatic carbocycles. The molecule has 3 rings (SSSR count). The number of hydrogen-bond acceptors (Lipinski definition) is 4. The van der Waals surface area contributed by atoms with Gasteiger partial charge in [-0.3, -0.25) is 4.90 Å². The van der Waals surface area contributed by atoms with Gasteiger partial charge in [0.25, 0.3) is 0 Å². The van der Waals surface area contributed by atoms with Crippen LogP contribution in [0.3, 0.4) is 0 Å². The SMILES string of the molecule is CC1COC(CO)CN1Cc1cc2ccccc2o1. The van der Waals surface area contributed by atoms with Crippen LogP contribution >= 0.6 is 0 Å². The zero-order valence-electron chi connectivity index (χ0n) is 11.1. The molecule has 0 radical (unpaired) electrons. The van der Waals surface area contributed by atoms with Gasteiger partial charge in [0.15, 0.2) is 0 Å². The Morgan fingerprint density at radius 3 is 3.00 bits per heavy atom. The average molecular weight is 261 g/mol. The third-order valence-electron chi connectivity index (χ3n) is 3.67. The van der Waals surface area contributed by atoms with Gasteiger partial charge in [0.05, 0.1) is 25.9 Å². The van der Waals surface area contributed by atoms with E-state index in [0.717, 1.165) is 29.8 Å². The first-order chi connectivity index (χ1) is 9.26. The highest BCUT2D eigenvalue weighted by Crippen LogP contribution is 2.22. The van der Waals surface area contributed by atoms with Crippen LogP contribution in [-0.2, 0) is 11.3 Å². The molecule has 1 saturated heterocycles. The van der Waals surface area contributed by atoms with Crippen LogP contribution in [0.15, 0.2) is 34.7 Å². The summed E-state index contributed by atoms with van der Waals surface area (Å²) in [5.74, 6) is 0.964. The van der Waals surface area contributed by atoms with Crippen LogP contribution < -0.4 is 0 Å². The molecule has 4 nitrogen and oxygen atoms in total. The highest BCUT2D eigenvalue weighted by atomic mass is 16.5. The number of aliphatic hydroxyl groups excluding tert-OH is 1. The van der Waals surface area contributed by atoms with Crippen LogP contribution in [0, 0.1) is 0 Å². The van der Waals surface area contributed by atoms with Crippen molar-refractivity contribution in [2.75, 3.05) is 19.8 Å². The molecule has 2 atom stereocenters. The number of aliphatic hydroxyl groups is 1. The van der Waals surface area contributed by atoms with Crippen LogP contribution in [0.25, 0.3) is 11.0 Å². The number of para-hydroxylation sites is 1. The normalized spacial score (nSPS) is 24.9. The molecule has 4 heteroatoms. The Labute approximate surface area is 112 Å². The Morgan fingerprint density at radius 1 is 1.37 bits per heavy atom. The summed E-state index contributed by atoms with van der Waals surface area (Å²) in [6.07, 6.45) is -0.0828. The molecule has 0 bridgehead atoms. The Kier molecular flexibility index (Phi) is 3.55. The molecular weight excluding hydrogens is 242 g/mol. The molecule has 0 saturated carbocycles. The summed E-state index contributed by atoms with van der Waals surface area (Å²) in [7, 11) is 0. The molecule has 0 aliphatic carbocycles. The first-order valence-corrected chi connectivity index (χ1v) is 6.70. The molecule has 1 aliphatic rings. The fourth-order valence-corrected chi connectivity index (χ4v) is 2.52. The topological polar surface area (TPSA) is 45.8 Å². The number of fused-ring (bicyclic) bond motifs is 1. The molecule has 1 fully saturated rings. The molecule has 2 heterocycles. The van der Waals surface area contributed by atoms with E-state index < -0.39 is 0 Å². The third kappa shape index (κ3) is 2.66. The Hall–Kier alpha value is -1.36. The van der Waals surface area contributed by atoms with Crippen LogP contribution in [0.1, 0.15) is 12.7 Å². The lowest BCUT2D eigenvalue weighted by molar-refractivity contribution is -0.0819. The lowest BCUT2D eigenvalue weighted by Crippen LogP contribution is -2.48. The highest BCUT2D eigenvalue weighted by molar-refractivity contribution is 5.77. The van der Waals surface area contributed by atoms with Crippen LogP contribution in [0.4, 0.5) is 0 Å². The average Bonchev–Trinajstić information content (AvgIpc) is 2.83. The summed E-state index contributed by atoms with van der Waals surface area (Å²) in [5.41, 5.74) is 0.928. The van der Waals surface area contributed by atoms with Gasteiger partial charge in [-0.25, -0.2) is 0 Å². The molecular formula is C15H19NO3. The standard InChI is InChI=1S/C15H19NO3/c1-11-10-18-14(9-17)8-16(11)7-13-6-12-4-2-3-5-15(12)19-13/h2-6,11,14,17H,7-10H2,1H3. The van der Waals surface area contributed by atoms with E-state index in [0.29, 0.717) is 12.6 Å². The van der Waals surface area contributed by atoms with Crippen molar-refractivity contribution in [2.24, 2.45) is 0 Å². The van der Waals surface area contributed by atoms with Gasteiger partial charge in [-0.2, -0.15) is 0 Å². The molecule has 2 unspecified atom stereocenters. The van der Waals surface area contributed by atoms with Gasteiger partial charge in [0, 0.05) is 18.0 Å². The maximum atomic E-state index is 9.20. The van der Waals surface area contributed by atoms with Gasteiger partial charge >= 0.3 is 0 Å². The van der Waals surface area contributed by atoms with E-state index >= 15 is 0 Å². The number of rotatable bonds is 3. The quantitative estimate of drug-likeness (QED) is 0.918. The molecule has 0 spiro atoms. The third-order valence-corrected chi connectivity index (χ3v) is 3.67. The lowest BCUT2D eigenvalue weighted by atomic mass is 10.2. The van der Waals surface area contributed by atoms with Crippen molar-refractivity contribution in [1.82, 2.24) is 4.90 Å². The first kappa shape index (κ1) is 12.7. The number of nitrogens with zero attached hydrogens (tertiary/aromatic N) is 1. The number of furan rings is 1.